The van der Waals surface area contributed by atoms with Crippen molar-refractivity contribution in [3.8, 4) is 0 Å². The van der Waals surface area contributed by atoms with Gasteiger partial charge in [0.2, 0.25) is 10.0 Å². The van der Waals surface area contributed by atoms with E-state index in [1.807, 2.05) is 0 Å². The third-order valence-electron chi connectivity index (χ3n) is 3.02. The molecule has 4 nitrogen and oxygen atoms in total. The molecule has 1 atom stereocenters. The summed E-state index contributed by atoms with van der Waals surface area (Å²) in [6.45, 7) is 2.09. The van der Waals surface area contributed by atoms with E-state index in [1.54, 1.807) is 14.0 Å². The maximum Gasteiger partial charge on any atom is 0.216 e. The van der Waals surface area contributed by atoms with Crippen molar-refractivity contribution >= 4 is 10.0 Å². The summed E-state index contributed by atoms with van der Waals surface area (Å²) in [5.41, 5.74) is 0. The van der Waals surface area contributed by atoms with Crippen LogP contribution in [0.4, 0.5) is 0 Å². The predicted octanol–water partition coefficient (Wildman–Crippen LogP) is 0.962. The Bertz CT molecular complexity index is 281. The second-order valence-electron chi connectivity index (χ2n) is 4.41. The first-order valence-corrected chi connectivity index (χ1v) is 7.08. The SMILES string of the molecule is CC(O)CCN(C)S(=O)(=O)C1CCCC1. The summed E-state index contributed by atoms with van der Waals surface area (Å²) in [5.74, 6) is 0. The lowest BCUT2D eigenvalue weighted by atomic mass is 10.3. The van der Waals surface area contributed by atoms with Crippen molar-refractivity contribution in [2.45, 2.75) is 50.4 Å². The fraction of sp³-hybridized carbons (Fsp3) is 1.00. The van der Waals surface area contributed by atoms with Gasteiger partial charge in [-0.25, -0.2) is 12.7 Å². The van der Waals surface area contributed by atoms with Gasteiger partial charge in [-0.1, -0.05) is 12.8 Å². The molecule has 1 rings (SSSR count). The summed E-state index contributed by atoms with van der Waals surface area (Å²) in [6.07, 6.45) is 3.69. The minimum atomic E-state index is -3.11. The van der Waals surface area contributed by atoms with E-state index >= 15 is 0 Å². The van der Waals surface area contributed by atoms with Gasteiger partial charge in [0.05, 0.1) is 11.4 Å². The van der Waals surface area contributed by atoms with Crippen molar-refractivity contribution in [2.24, 2.45) is 0 Å². The van der Waals surface area contributed by atoms with E-state index in [0.717, 1.165) is 25.7 Å². The molecule has 5 heteroatoms. The highest BCUT2D eigenvalue weighted by molar-refractivity contribution is 7.89. The number of nitrogens with zero attached hydrogens (tertiary/aromatic N) is 1. The standard InChI is InChI=1S/C10H21NO3S/c1-9(12)7-8-11(2)15(13,14)10-5-3-4-6-10/h9-10,12H,3-8H2,1-2H3. The first kappa shape index (κ1) is 12.9. The number of hydrogen-bond acceptors (Lipinski definition) is 3. The molecule has 0 bridgehead atoms. The van der Waals surface area contributed by atoms with Gasteiger partial charge in [0, 0.05) is 13.6 Å². The fourth-order valence-corrected chi connectivity index (χ4v) is 3.73. The molecule has 1 aliphatic carbocycles. The lowest BCUT2D eigenvalue weighted by Gasteiger charge is -2.21. The minimum Gasteiger partial charge on any atom is -0.393 e. The highest BCUT2D eigenvalue weighted by atomic mass is 32.2. The maximum atomic E-state index is 12.0. The Morgan fingerprint density at radius 2 is 1.93 bits per heavy atom. The number of sulfonamides is 1. The zero-order valence-electron chi connectivity index (χ0n) is 9.52. The van der Waals surface area contributed by atoms with Crippen LogP contribution in [0, 0.1) is 0 Å². The van der Waals surface area contributed by atoms with Crippen LogP contribution in [-0.4, -0.2) is 42.8 Å². The summed E-state index contributed by atoms with van der Waals surface area (Å²) < 4.78 is 25.4. The van der Waals surface area contributed by atoms with Crippen LogP contribution in [0.1, 0.15) is 39.0 Å². The smallest absolute Gasteiger partial charge is 0.216 e. The van der Waals surface area contributed by atoms with Crippen LogP contribution in [0.3, 0.4) is 0 Å². The molecule has 1 N–H and O–H groups in total. The Morgan fingerprint density at radius 3 is 2.40 bits per heavy atom. The summed E-state index contributed by atoms with van der Waals surface area (Å²) >= 11 is 0. The van der Waals surface area contributed by atoms with Crippen LogP contribution in [-0.2, 0) is 10.0 Å². The number of rotatable bonds is 5. The minimum absolute atomic E-state index is 0.184. The molecule has 0 radical (unpaired) electrons. The van der Waals surface area contributed by atoms with Crippen molar-refractivity contribution in [3.05, 3.63) is 0 Å². The molecule has 1 fully saturated rings. The van der Waals surface area contributed by atoms with Crippen LogP contribution < -0.4 is 0 Å². The van der Waals surface area contributed by atoms with E-state index in [4.69, 9.17) is 5.11 Å². The molecule has 0 amide bonds. The Labute approximate surface area is 92.3 Å². The lowest BCUT2D eigenvalue weighted by molar-refractivity contribution is 0.177. The molecular weight excluding hydrogens is 214 g/mol. The summed E-state index contributed by atoms with van der Waals surface area (Å²) in [4.78, 5) is 0. The van der Waals surface area contributed by atoms with Gasteiger partial charge in [-0.15, -0.1) is 0 Å². The van der Waals surface area contributed by atoms with Crippen molar-refractivity contribution in [2.75, 3.05) is 13.6 Å². The topological polar surface area (TPSA) is 57.6 Å². The van der Waals surface area contributed by atoms with Crippen LogP contribution in [0.25, 0.3) is 0 Å². The Hall–Kier alpha value is -0.130. The fourth-order valence-electron chi connectivity index (χ4n) is 1.94. The van der Waals surface area contributed by atoms with Crippen LogP contribution in [0.5, 0.6) is 0 Å². The van der Waals surface area contributed by atoms with Crippen LogP contribution in [0.15, 0.2) is 0 Å². The van der Waals surface area contributed by atoms with Crippen LogP contribution >= 0.6 is 0 Å². The van der Waals surface area contributed by atoms with Crippen molar-refractivity contribution in [3.63, 3.8) is 0 Å². The Kier molecular flexibility index (Phi) is 4.55. The highest BCUT2D eigenvalue weighted by Crippen LogP contribution is 2.26. The normalized spacial score (nSPS) is 21.1. The summed E-state index contributed by atoms with van der Waals surface area (Å²) in [5, 5.41) is 8.93. The van der Waals surface area contributed by atoms with E-state index in [2.05, 4.69) is 0 Å². The monoisotopic (exact) mass is 235 g/mol. The van der Waals surface area contributed by atoms with Gasteiger partial charge >= 0.3 is 0 Å². The van der Waals surface area contributed by atoms with Gasteiger partial charge in [-0.05, 0) is 26.2 Å². The molecular formula is C10H21NO3S. The second-order valence-corrected chi connectivity index (χ2v) is 6.73. The van der Waals surface area contributed by atoms with Gasteiger partial charge < -0.3 is 5.11 Å². The number of hydrogen-bond donors (Lipinski definition) is 1. The molecule has 15 heavy (non-hydrogen) atoms. The van der Waals surface area contributed by atoms with Crippen molar-refractivity contribution < 1.29 is 13.5 Å². The highest BCUT2D eigenvalue weighted by Gasteiger charge is 2.31. The molecule has 0 aromatic carbocycles. The van der Waals surface area contributed by atoms with Crippen LogP contribution in [0.2, 0.25) is 0 Å². The van der Waals surface area contributed by atoms with Gasteiger partial charge in [0.25, 0.3) is 0 Å². The van der Waals surface area contributed by atoms with Gasteiger partial charge in [-0.2, -0.15) is 0 Å². The molecule has 0 heterocycles. The zero-order valence-corrected chi connectivity index (χ0v) is 10.3. The maximum absolute atomic E-state index is 12.0. The third kappa shape index (κ3) is 3.43. The van der Waals surface area contributed by atoms with E-state index in [9.17, 15) is 8.42 Å². The molecule has 0 spiro atoms. The largest absolute Gasteiger partial charge is 0.393 e. The Balaban J connectivity index is 2.52. The van der Waals surface area contributed by atoms with Gasteiger partial charge in [-0.3, -0.25) is 0 Å². The van der Waals surface area contributed by atoms with E-state index in [0.29, 0.717) is 13.0 Å². The third-order valence-corrected chi connectivity index (χ3v) is 5.38. The molecule has 1 saturated carbocycles. The second kappa shape index (κ2) is 5.27. The van der Waals surface area contributed by atoms with E-state index < -0.39 is 16.1 Å². The number of aliphatic hydroxyl groups is 1. The van der Waals surface area contributed by atoms with E-state index in [1.165, 1.54) is 4.31 Å². The lowest BCUT2D eigenvalue weighted by Crippen LogP contribution is -2.36. The first-order chi connectivity index (χ1) is 6.94. The van der Waals surface area contributed by atoms with E-state index in [-0.39, 0.29) is 5.25 Å². The van der Waals surface area contributed by atoms with Crippen molar-refractivity contribution in [1.29, 1.82) is 0 Å². The molecule has 0 saturated heterocycles. The summed E-state index contributed by atoms with van der Waals surface area (Å²) in [7, 11) is -1.50. The zero-order chi connectivity index (χ0) is 11.5. The molecule has 90 valence electrons. The van der Waals surface area contributed by atoms with Crippen molar-refractivity contribution in [1.82, 2.24) is 4.31 Å². The molecule has 1 aliphatic rings. The number of aliphatic hydroxyl groups excluding tert-OH is 1. The molecule has 0 aromatic heterocycles. The average molecular weight is 235 g/mol. The molecule has 0 aliphatic heterocycles. The summed E-state index contributed by atoms with van der Waals surface area (Å²) in [6, 6.07) is 0. The Morgan fingerprint density at radius 1 is 1.40 bits per heavy atom. The molecule has 1 unspecified atom stereocenters. The molecule has 0 aromatic rings. The predicted molar refractivity (Wildman–Crippen MR) is 60.1 cm³/mol. The quantitative estimate of drug-likeness (QED) is 0.772. The van der Waals surface area contributed by atoms with Gasteiger partial charge in [0.1, 0.15) is 0 Å². The van der Waals surface area contributed by atoms with Gasteiger partial charge in [0.15, 0.2) is 0 Å². The average Bonchev–Trinajstić information content (AvgIpc) is 2.66. The first-order valence-electron chi connectivity index (χ1n) is 5.58.